The Kier molecular flexibility index (Phi) is 1.66. The summed E-state index contributed by atoms with van der Waals surface area (Å²) >= 11 is 0. The second-order valence-electron chi connectivity index (χ2n) is 2.47. The van der Waals surface area contributed by atoms with Gasteiger partial charge < -0.3 is 0 Å². The van der Waals surface area contributed by atoms with Crippen molar-refractivity contribution in [3.8, 4) is 0 Å². The number of hydrogen-bond donors (Lipinski definition) is 0. The van der Waals surface area contributed by atoms with E-state index in [0.717, 1.165) is 10.9 Å². The van der Waals surface area contributed by atoms with Gasteiger partial charge >= 0.3 is 5.69 Å². The molecule has 1 aromatic carbocycles. The fourth-order valence-electron chi connectivity index (χ4n) is 1.11. The first-order valence-corrected chi connectivity index (χ1v) is 4.02. The molecule has 1 heterocycles. The first kappa shape index (κ1) is 7.44. The number of nitrogens with zero attached hydrogens (tertiary/aromatic N) is 2. The first-order chi connectivity index (χ1) is 5.79. The summed E-state index contributed by atoms with van der Waals surface area (Å²) in [5.74, 6) is 0. The third-order valence-corrected chi connectivity index (χ3v) is 2.22. The zero-order valence-electron chi connectivity index (χ0n) is 6.27. The lowest BCUT2D eigenvalue weighted by atomic mass is 10.2. The molecular weight excluding hydrogens is 171 g/mol. The molecule has 0 radical (unpaired) electrons. The van der Waals surface area contributed by atoms with E-state index in [1.54, 1.807) is 6.20 Å². The maximum atomic E-state index is 11.1. The quantitative estimate of drug-likeness (QED) is 0.565. The third kappa shape index (κ3) is 1.03. The van der Waals surface area contributed by atoms with Gasteiger partial charge in [-0.3, -0.25) is 4.34 Å². The van der Waals surface area contributed by atoms with Crippen molar-refractivity contribution in [2.24, 2.45) is 0 Å². The Balaban J connectivity index is 3.01. The van der Waals surface area contributed by atoms with E-state index < -0.39 is 0 Å². The average Bonchev–Trinajstić information content (AvgIpc) is 2.12. The number of aromatic nitrogens is 2. The topological polar surface area (TPSA) is 34.9 Å². The zero-order valence-corrected chi connectivity index (χ0v) is 7.42. The lowest BCUT2D eigenvalue weighted by molar-refractivity contribution is 1.07. The molecule has 1 aromatic heterocycles. The summed E-state index contributed by atoms with van der Waals surface area (Å²) in [6.07, 6.45) is 1.58. The Labute approximate surface area is 71.3 Å². The van der Waals surface area contributed by atoms with Crippen molar-refractivity contribution in [1.82, 2.24) is 9.32 Å². The Hall–Kier alpha value is -1.21. The molecule has 0 aliphatic rings. The molecule has 0 aliphatic heterocycles. The van der Waals surface area contributed by atoms with Crippen LogP contribution in [0, 0.1) is 0 Å². The number of hydrogen-bond acceptors (Lipinski definition) is 2. The Morgan fingerprint density at radius 1 is 1.33 bits per heavy atom. The van der Waals surface area contributed by atoms with Gasteiger partial charge in [0.2, 0.25) is 0 Å². The molecule has 0 fully saturated rings. The second kappa shape index (κ2) is 2.68. The molecule has 12 heavy (non-hydrogen) atoms. The minimum atomic E-state index is -0.251. The summed E-state index contributed by atoms with van der Waals surface area (Å²) in [6, 6.07) is 7.61. The van der Waals surface area contributed by atoms with Crippen LogP contribution in [0.25, 0.3) is 10.9 Å². The molecule has 1 atom stereocenters. The van der Waals surface area contributed by atoms with Gasteiger partial charge in [-0.25, -0.2) is 9.78 Å². The minimum absolute atomic E-state index is 0.251. The van der Waals surface area contributed by atoms with Gasteiger partial charge in [0.05, 0.1) is 5.52 Å². The molecule has 60 valence electrons. The summed E-state index contributed by atoms with van der Waals surface area (Å²) in [5.41, 5.74) is 0.626. The van der Waals surface area contributed by atoms with E-state index in [1.807, 2.05) is 24.3 Å². The normalized spacial score (nSPS) is 10.4. The van der Waals surface area contributed by atoms with Crippen molar-refractivity contribution in [2.75, 3.05) is 0 Å². The summed E-state index contributed by atoms with van der Waals surface area (Å²) < 4.78 is 1.45. The summed E-state index contributed by atoms with van der Waals surface area (Å²) in [6.45, 7) is 0. The van der Waals surface area contributed by atoms with Crippen LogP contribution in [0.5, 0.6) is 0 Å². The molecule has 3 nitrogen and oxygen atoms in total. The fraction of sp³-hybridized carbons (Fsp3) is 0. The minimum Gasteiger partial charge on any atom is -0.277 e. The Morgan fingerprint density at radius 2 is 2.08 bits per heavy atom. The van der Waals surface area contributed by atoms with Gasteiger partial charge in [0.1, 0.15) is 0 Å². The first-order valence-electron chi connectivity index (χ1n) is 3.51. The van der Waals surface area contributed by atoms with E-state index in [0.29, 0.717) is 0 Å². The van der Waals surface area contributed by atoms with E-state index in [4.69, 9.17) is 0 Å². The van der Waals surface area contributed by atoms with Crippen LogP contribution in [0.15, 0.2) is 35.3 Å². The molecule has 4 heteroatoms. The number of fused-ring (bicyclic) bond motifs is 1. The van der Waals surface area contributed by atoms with Crippen molar-refractivity contribution in [3.05, 3.63) is 40.9 Å². The number of benzene rings is 1. The third-order valence-electron chi connectivity index (χ3n) is 1.72. The van der Waals surface area contributed by atoms with Crippen LogP contribution >= 0.6 is 9.39 Å². The van der Waals surface area contributed by atoms with Crippen LogP contribution in [-0.4, -0.2) is 9.32 Å². The number of rotatable bonds is 0. The van der Waals surface area contributed by atoms with E-state index in [-0.39, 0.29) is 5.69 Å². The van der Waals surface area contributed by atoms with Crippen LogP contribution < -0.4 is 5.69 Å². The highest BCUT2D eigenvalue weighted by atomic mass is 31.0. The molecule has 0 saturated carbocycles. The maximum absolute atomic E-state index is 11.1. The predicted molar refractivity (Wildman–Crippen MR) is 51.1 cm³/mol. The van der Waals surface area contributed by atoms with Gasteiger partial charge in [0, 0.05) is 11.6 Å². The van der Waals surface area contributed by atoms with Crippen molar-refractivity contribution >= 4 is 20.3 Å². The Morgan fingerprint density at radius 3 is 2.92 bits per heavy atom. The summed E-state index contributed by atoms with van der Waals surface area (Å²) in [5, 5.41) is 0.965. The highest BCUT2D eigenvalue weighted by Gasteiger charge is 1.96. The SMILES string of the molecule is O=c1ncc2ccccc2n1P. The average molecular weight is 178 g/mol. The smallest absolute Gasteiger partial charge is 0.277 e. The molecule has 0 aliphatic carbocycles. The molecule has 0 spiro atoms. The fourth-order valence-corrected chi connectivity index (χ4v) is 1.41. The lowest BCUT2D eigenvalue weighted by Crippen LogP contribution is -2.14. The molecule has 0 bridgehead atoms. The van der Waals surface area contributed by atoms with Crippen LogP contribution in [0.4, 0.5) is 0 Å². The van der Waals surface area contributed by atoms with Crippen LogP contribution in [0.1, 0.15) is 0 Å². The van der Waals surface area contributed by atoms with Crippen LogP contribution in [0.3, 0.4) is 0 Å². The van der Waals surface area contributed by atoms with Gasteiger partial charge in [-0.15, -0.1) is 0 Å². The second-order valence-corrected chi connectivity index (χ2v) is 2.99. The molecular formula is C8H7N2OP. The van der Waals surface area contributed by atoms with Crippen molar-refractivity contribution < 1.29 is 0 Å². The molecule has 2 rings (SSSR count). The van der Waals surface area contributed by atoms with E-state index in [1.165, 1.54) is 4.34 Å². The molecule has 0 saturated heterocycles. The largest absolute Gasteiger partial charge is 0.350 e. The number of para-hydroxylation sites is 1. The van der Waals surface area contributed by atoms with Crippen molar-refractivity contribution in [3.63, 3.8) is 0 Å². The zero-order chi connectivity index (χ0) is 8.55. The van der Waals surface area contributed by atoms with E-state index in [2.05, 4.69) is 14.4 Å². The van der Waals surface area contributed by atoms with Gasteiger partial charge in [-0.1, -0.05) is 18.2 Å². The van der Waals surface area contributed by atoms with Crippen LogP contribution in [0.2, 0.25) is 0 Å². The van der Waals surface area contributed by atoms with Gasteiger partial charge in [0.15, 0.2) is 0 Å². The lowest BCUT2D eigenvalue weighted by Gasteiger charge is -2.00. The molecule has 0 N–H and O–H groups in total. The maximum Gasteiger partial charge on any atom is 0.350 e. The van der Waals surface area contributed by atoms with Crippen LogP contribution in [-0.2, 0) is 0 Å². The highest BCUT2D eigenvalue weighted by molar-refractivity contribution is 7.14. The monoisotopic (exact) mass is 178 g/mol. The molecule has 1 unspecified atom stereocenters. The summed E-state index contributed by atoms with van der Waals surface area (Å²) in [7, 11) is 2.34. The van der Waals surface area contributed by atoms with E-state index >= 15 is 0 Å². The van der Waals surface area contributed by atoms with Crippen molar-refractivity contribution in [1.29, 1.82) is 0 Å². The molecule has 0 amide bonds. The van der Waals surface area contributed by atoms with Gasteiger partial charge in [-0.05, 0) is 15.5 Å². The van der Waals surface area contributed by atoms with Gasteiger partial charge in [0.25, 0.3) is 0 Å². The highest BCUT2D eigenvalue weighted by Crippen LogP contribution is 2.10. The van der Waals surface area contributed by atoms with E-state index in [9.17, 15) is 4.79 Å². The predicted octanol–water partition coefficient (Wildman–Crippen LogP) is 1.03. The summed E-state index contributed by atoms with van der Waals surface area (Å²) in [4.78, 5) is 14.8. The standard InChI is InChI=1S/C8H7N2OP/c11-8-9-5-6-3-1-2-4-7(6)10(8)12/h1-5H,12H2. The Bertz CT molecular complexity index is 478. The van der Waals surface area contributed by atoms with Gasteiger partial charge in [-0.2, -0.15) is 0 Å². The molecule has 2 aromatic rings. The van der Waals surface area contributed by atoms with Crippen molar-refractivity contribution in [2.45, 2.75) is 0 Å².